The van der Waals surface area contributed by atoms with Crippen molar-refractivity contribution in [2.75, 3.05) is 32.6 Å². The lowest BCUT2D eigenvalue weighted by Crippen LogP contribution is -2.35. The number of hydrogen-bond acceptors (Lipinski definition) is 7. The van der Waals surface area contributed by atoms with Gasteiger partial charge >= 0.3 is 6.03 Å². The smallest absolute Gasteiger partial charge is 0.333 e. The van der Waals surface area contributed by atoms with Gasteiger partial charge in [0.25, 0.3) is 10.0 Å². The Labute approximate surface area is 184 Å². The normalized spacial score (nSPS) is 11.8. The van der Waals surface area contributed by atoms with Gasteiger partial charge in [0, 0.05) is 12.2 Å². The Kier molecular flexibility index (Phi) is 8.35. The topological polar surface area (TPSA) is 114 Å². The third kappa shape index (κ3) is 6.90. The van der Waals surface area contributed by atoms with Crippen LogP contribution in [0, 0.1) is 0 Å². The average molecular weight is 450 g/mol. The number of para-hydroxylation sites is 1. The zero-order valence-electron chi connectivity index (χ0n) is 18.8. The Bertz CT molecular complexity index is 980. The number of nitrogens with zero attached hydrogens (tertiary/aromatic N) is 3. The molecule has 2 N–H and O–H groups in total. The van der Waals surface area contributed by atoms with Crippen molar-refractivity contribution in [3.8, 4) is 5.88 Å². The van der Waals surface area contributed by atoms with E-state index in [2.05, 4.69) is 15.3 Å². The molecule has 1 aromatic carbocycles. The van der Waals surface area contributed by atoms with Crippen LogP contribution in [0.1, 0.15) is 50.7 Å². The van der Waals surface area contributed by atoms with Gasteiger partial charge in [-0.05, 0) is 37.1 Å². The number of amides is 2. The molecule has 1 heterocycles. The number of urea groups is 1. The summed E-state index contributed by atoms with van der Waals surface area (Å²) in [5.74, 6) is 0.359. The molecule has 0 radical (unpaired) electrons. The predicted molar refractivity (Wildman–Crippen MR) is 120 cm³/mol. The molecule has 0 saturated heterocycles. The first-order valence-corrected chi connectivity index (χ1v) is 11.6. The predicted octanol–water partition coefficient (Wildman–Crippen LogP) is 3.17. The van der Waals surface area contributed by atoms with Crippen LogP contribution in [0.3, 0.4) is 0 Å². The molecule has 2 rings (SSSR count). The number of carbonyl (C=O) groups excluding carboxylic acids is 1. The van der Waals surface area contributed by atoms with Crippen molar-refractivity contribution in [3.05, 3.63) is 41.7 Å². The first kappa shape index (κ1) is 24.5. The van der Waals surface area contributed by atoms with Crippen LogP contribution in [-0.2, 0) is 10.0 Å². The molecule has 2 amide bonds. The SMILES string of the molecule is CC(C)c1cccc(C(C)C)c1NC(=O)NS(=O)(=O)c1cncc(OCCN(C)C)n1. The second kappa shape index (κ2) is 10.5. The summed E-state index contributed by atoms with van der Waals surface area (Å²) in [5, 5.41) is 2.32. The minimum absolute atomic E-state index is 0.0670. The Morgan fingerprint density at radius 3 is 2.26 bits per heavy atom. The Morgan fingerprint density at radius 2 is 1.71 bits per heavy atom. The van der Waals surface area contributed by atoms with Gasteiger partial charge in [-0.25, -0.2) is 9.52 Å². The monoisotopic (exact) mass is 449 g/mol. The highest BCUT2D eigenvalue weighted by Crippen LogP contribution is 2.32. The highest BCUT2D eigenvalue weighted by Gasteiger charge is 2.23. The van der Waals surface area contributed by atoms with Gasteiger partial charge in [0.2, 0.25) is 5.88 Å². The number of aromatic nitrogens is 2. The van der Waals surface area contributed by atoms with Crippen LogP contribution in [0.2, 0.25) is 0 Å². The highest BCUT2D eigenvalue weighted by molar-refractivity contribution is 7.90. The maximum absolute atomic E-state index is 12.7. The second-order valence-corrected chi connectivity index (χ2v) is 9.66. The Morgan fingerprint density at radius 1 is 1.10 bits per heavy atom. The van der Waals surface area contributed by atoms with E-state index >= 15 is 0 Å². The van der Waals surface area contributed by atoms with E-state index in [1.165, 1.54) is 6.20 Å². The molecule has 170 valence electrons. The van der Waals surface area contributed by atoms with Crippen LogP contribution >= 0.6 is 0 Å². The number of rotatable bonds is 9. The van der Waals surface area contributed by atoms with Crippen LogP contribution in [0.25, 0.3) is 0 Å². The molecule has 2 aromatic rings. The summed E-state index contributed by atoms with van der Waals surface area (Å²) in [6.07, 6.45) is 2.39. The van der Waals surface area contributed by atoms with Crippen molar-refractivity contribution < 1.29 is 17.9 Å². The molecule has 31 heavy (non-hydrogen) atoms. The van der Waals surface area contributed by atoms with Crippen molar-refractivity contribution in [2.24, 2.45) is 0 Å². The largest absolute Gasteiger partial charge is 0.475 e. The molecule has 1 aromatic heterocycles. The molecule has 10 heteroatoms. The van der Waals surface area contributed by atoms with Gasteiger partial charge < -0.3 is 15.0 Å². The summed E-state index contributed by atoms with van der Waals surface area (Å²) in [4.78, 5) is 22.3. The number of sulfonamides is 1. The summed E-state index contributed by atoms with van der Waals surface area (Å²) in [5.41, 5.74) is 2.47. The van der Waals surface area contributed by atoms with Crippen LogP contribution in [0.5, 0.6) is 5.88 Å². The second-order valence-electron chi connectivity index (χ2n) is 8.03. The van der Waals surface area contributed by atoms with Crippen molar-refractivity contribution in [1.29, 1.82) is 0 Å². The van der Waals surface area contributed by atoms with E-state index in [1.54, 1.807) is 0 Å². The summed E-state index contributed by atoms with van der Waals surface area (Å²) in [7, 11) is -0.457. The van der Waals surface area contributed by atoms with Crippen LogP contribution in [-0.4, -0.2) is 56.6 Å². The van der Waals surface area contributed by atoms with Gasteiger partial charge in [0.1, 0.15) is 6.61 Å². The summed E-state index contributed by atoms with van der Waals surface area (Å²) >= 11 is 0. The van der Waals surface area contributed by atoms with E-state index in [4.69, 9.17) is 4.74 Å². The lowest BCUT2D eigenvalue weighted by atomic mass is 9.93. The fourth-order valence-electron chi connectivity index (χ4n) is 2.87. The number of anilines is 1. The number of hydrogen-bond donors (Lipinski definition) is 2. The summed E-state index contributed by atoms with van der Waals surface area (Å²) in [6, 6.07) is 4.90. The maximum atomic E-state index is 12.7. The van der Waals surface area contributed by atoms with E-state index in [-0.39, 0.29) is 17.7 Å². The molecule has 0 unspecified atom stereocenters. The summed E-state index contributed by atoms with van der Waals surface area (Å²) < 4.78 is 32.8. The molecule has 0 aliphatic rings. The van der Waals surface area contributed by atoms with Gasteiger partial charge in [-0.15, -0.1) is 0 Å². The van der Waals surface area contributed by atoms with Crippen LogP contribution in [0.15, 0.2) is 35.6 Å². The Balaban J connectivity index is 2.19. The van der Waals surface area contributed by atoms with E-state index in [9.17, 15) is 13.2 Å². The molecular weight excluding hydrogens is 418 g/mol. The standard InChI is InChI=1S/C21H31N5O4S/c1-14(2)16-8-7-9-17(15(3)4)20(16)24-21(27)25-31(28,29)19-13-22-12-18(23-19)30-11-10-26(5)6/h7-9,12-15H,10-11H2,1-6H3,(H2,24,25,27). The quantitative estimate of drug-likeness (QED) is 0.604. The molecule has 0 saturated carbocycles. The minimum Gasteiger partial charge on any atom is -0.475 e. The lowest BCUT2D eigenvalue weighted by Gasteiger charge is -2.20. The molecule has 0 fully saturated rings. The van der Waals surface area contributed by atoms with Crippen molar-refractivity contribution in [2.45, 2.75) is 44.6 Å². The van der Waals surface area contributed by atoms with Gasteiger partial charge in [0.05, 0.1) is 12.4 Å². The molecule has 0 spiro atoms. The number of ether oxygens (including phenoxy) is 1. The van der Waals surface area contributed by atoms with Gasteiger partial charge in [-0.2, -0.15) is 13.4 Å². The van der Waals surface area contributed by atoms with Gasteiger partial charge in [0.15, 0.2) is 5.03 Å². The number of carbonyl (C=O) groups is 1. The fraction of sp³-hybridized carbons (Fsp3) is 0.476. The summed E-state index contributed by atoms with van der Waals surface area (Å²) in [6.45, 7) is 9.00. The van der Waals surface area contributed by atoms with Crippen molar-refractivity contribution in [3.63, 3.8) is 0 Å². The third-order valence-electron chi connectivity index (χ3n) is 4.49. The zero-order valence-corrected chi connectivity index (χ0v) is 19.7. The minimum atomic E-state index is -4.24. The van der Waals surface area contributed by atoms with Gasteiger partial charge in [-0.3, -0.25) is 4.98 Å². The number of likely N-dealkylation sites (N-methyl/N-ethyl adjacent to an activating group) is 1. The molecular formula is C21H31N5O4S. The van der Waals surface area contributed by atoms with Crippen LogP contribution in [0.4, 0.5) is 10.5 Å². The van der Waals surface area contributed by atoms with E-state index in [1.807, 2.05) is 69.6 Å². The van der Waals surface area contributed by atoms with E-state index in [0.717, 1.165) is 17.3 Å². The van der Waals surface area contributed by atoms with E-state index in [0.29, 0.717) is 18.8 Å². The maximum Gasteiger partial charge on any atom is 0.333 e. The molecule has 9 nitrogen and oxygen atoms in total. The van der Waals surface area contributed by atoms with Crippen molar-refractivity contribution in [1.82, 2.24) is 19.6 Å². The lowest BCUT2D eigenvalue weighted by molar-refractivity contribution is 0.251. The first-order valence-electron chi connectivity index (χ1n) is 10.1. The Hall–Kier alpha value is -2.72. The number of benzene rings is 1. The average Bonchev–Trinajstić information content (AvgIpc) is 2.67. The fourth-order valence-corrected chi connectivity index (χ4v) is 3.68. The third-order valence-corrected chi connectivity index (χ3v) is 5.69. The zero-order chi connectivity index (χ0) is 23.2. The highest BCUT2D eigenvalue weighted by atomic mass is 32.2. The molecule has 0 aliphatic carbocycles. The first-order chi connectivity index (χ1) is 14.5. The number of nitrogens with one attached hydrogen (secondary N) is 2. The molecule has 0 aliphatic heterocycles. The molecule has 0 bridgehead atoms. The van der Waals surface area contributed by atoms with Gasteiger partial charge in [-0.1, -0.05) is 45.9 Å². The van der Waals surface area contributed by atoms with E-state index < -0.39 is 21.1 Å². The van der Waals surface area contributed by atoms with Crippen LogP contribution < -0.4 is 14.8 Å². The molecule has 0 atom stereocenters. The van der Waals surface area contributed by atoms with Crippen molar-refractivity contribution >= 4 is 21.7 Å².